The average Bonchev–Trinajstić information content (AvgIpc) is 3.05. The summed E-state index contributed by atoms with van der Waals surface area (Å²) < 4.78 is 0. The minimum Gasteiger partial charge on any atom is -0.394 e. The van der Waals surface area contributed by atoms with Gasteiger partial charge in [0.25, 0.3) is 0 Å². The summed E-state index contributed by atoms with van der Waals surface area (Å²) in [6.45, 7) is 4.07. The van der Waals surface area contributed by atoms with E-state index in [4.69, 9.17) is 0 Å². The van der Waals surface area contributed by atoms with Gasteiger partial charge in [-0.2, -0.15) is 5.26 Å². The van der Waals surface area contributed by atoms with Gasteiger partial charge in [-0.3, -0.25) is 0 Å². The monoisotopic (exact) mass is 339 g/mol. The fourth-order valence-corrected chi connectivity index (χ4v) is 4.27. The molecular formula is C19H21N3OS. The maximum atomic E-state index is 9.88. The fourth-order valence-electron chi connectivity index (χ4n) is 3.27. The highest BCUT2D eigenvalue weighted by atomic mass is 32.1. The van der Waals surface area contributed by atoms with Crippen LogP contribution in [0.2, 0.25) is 0 Å². The number of nitriles is 1. The van der Waals surface area contributed by atoms with E-state index >= 15 is 0 Å². The first-order valence-corrected chi connectivity index (χ1v) is 9.07. The van der Waals surface area contributed by atoms with Crippen LogP contribution < -0.4 is 4.90 Å². The zero-order valence-corrected chi connectivity index (χ0v) is 14.7. The summed E-state index contributed by atoms with van der Waals surface area (Å²) in [4.78, 5) is 6.55. The Morgan fingerprint density at radius 2 is 2.12 bits per heavy atom. The van der Waals surface area contributed by atoms with Gasteiger partial charge >= 0.3 is 0 Å². The summed E-state index contributed by atoms with van der Waals surface area (Å²) in [6.07, 6.45) is 4.92. The first kappa shape index (κ1) is 16.7. The molecule has 5 heteroatoms. The number of allylic oxidation sites excluding steroid dienone is 1. The van der Waals surface area contributed by atoms with Crippen molar-refractivity contribution < 1.29 is 5.11 Å². The molecule has 1 aromatic heterocycles. The molecule has 0 aliphatic carbocycles. The van der Waals surface area contributed by atoms with Crippen molar-refractivity contribution in [1.29, 1.82) is 5.26 Å². The van der Waals surface area contributed by atoms with Crippen LogP contribution in [-0.2, 0) is 6.42 Å². The van der Waals surface area contributed by atoms with Crippen molar-refractivity contribution in [1.82, 2.24) is 4.98 Å². The first-order chi connectivity index (χ1) is 11.7. The Kier molecular flexibility index (Phi) is 4.98. The van der Waals surface area contributed by atoms with E-state index in [0.29, 0.717) is 0 Å². The SMILES string of the molecule is CC=Cc1ccc([C@H]2[C@@H](C#N)N(c3nc(CC)cs3)[C@@H]2CO)cc1. The van der Waals surface area contributed by atoms with Crippen molar-refractivity contribution in [3.63, 3.8) is 0 Å². The van der Waals surface area contributed by atoms with Crippen LogP contribution >= 0.6 is 11.3 Å². The molecule has 0 amide bonds. The minimum absolute atomic E-state index is 0.00799. The number of thiazole rings is 1. The maximum absolute atomic E-state index is 9.88. The molecule has 0 bridgehead atoms. The lowest BCUT2D eigenvalue weighted by atomic mass is 9.76. The Morgan fingerprint density at radius 3 is 2.67 bits per heavy atom. The number of hydrogen-bond acceptors (Lipinski definition) is 5. The van der Waals surface area contributed by atoms with E-state index in [2.05, 4.69) is 42.2 Å². The predicted octanol–water partition coefficient (Wildman–Crippen LogP) is 3.60. The molecule has 1 fully saturated rings. The molecule has 1 N–H and O–H groups in total. The number of benzene rings is 1. The summed E-state index contributed by atoms with van der Waals surface area (Å²) in [5.41, 5.74) is 3.26. The third-order valence-corrected chi connectivity index (χ3v) is 5.44. The van der Waals surface area contributed by atoms with Crippen molar-refractivity contribution in [2.45, 2.75) is 38.3 Å². The topological polar surface area (TPSA) is 60.2 Å². The molecule has 3 rings (SSSR count). The van der Waals surface area contributed by atoms with Crippen molar-refractivity contribution in [3.05, 3.63) is 52.5 Å². The van der Waals surface area contributed by atoms with Crippen LogP contribution in [0.1, 0.15) is 36.6 Å². The van der Waals surface area contributed by atoms with Crippen LogP contribution in [0, 0.1) is 11.3 Å². The third kappa shape index (κ3) is 2.83. The zero-order chi connectivity index (χ0) is 17.1. The van der Waals surface area contributed by atoms with Gasteiger partial charge in [0, 0.05) is 11.3 Å². The Balaban J connectivity index is 1.87. The number of hydrogen-bond donors (Lipinski definition) is 1. The Hall–Kier alpha value is -2.16. The summed E-state index contributed by atoms with van der Waals surface area (Å²) in [7, 11) is 0. The zero-order valence-electron chi connectivity index (χ0n) is 13.9. The van der Waals surface area contributed by atoms with Gasteiger partial charge in [0.05, 0.1) is 24.4 Å². The van der Waals surface area contributed by atoms with E-state index < -0.39 is 0 Å². The van der Waals surface area contributed by atoms with Crippen LogP contribution in [0.5, 0.6) is 0 Å². The normalized spacial score (nSPS) is 23.2. The quantitative estimate of drug-likeness (QED) is 0.904. The second-order valence-electron chi connectivity index (χ2n) is 5.90. The molecule has 0 unspecified atom stereocenters. The molecule has 0 radical (unpaired) electrons. The van der Waals surface area contributed by atoms with Crippen LogP contribution in [-0.4, -0.2) is 28.8 Å². The smallest absolute Gasteiger partial charge is 0.186 e. The minimum atomic E-state index is -0.287. The van der Waals surface area contributed by atoms with E-state index in [9.17, 15) is 10.4 Å². The van der Waals surface area contributed by atoms with Crippen molar-refractivity contribution in [2.24, 2.45) is 0 Å². The standard InChI is InChI=1S/C19H21N3OS/c1-3-5-13-6-8-14(9-7-13)18-16(10-20)22(17(18)11-23)19-21-15(4-2)12-24-19/h3,5-9,12,16-18,23H,4,11H2,1-2H3/t16-,17-,18+/m1/s1. The molecule has 124 valence electrons. The molecule has 3 atom stereocenters. The number of anilines is 1. The number of aliphatic hydroxyl groups excluding tert-OH is 1. The summed E-state index contributed by atoms with van der Waals surface area (Å²) >= 11 is 1.55. The Morgan fingerprint density at radius 1 is 1.38 bits per heavy atom. The molecule has 4 nitrogen and oxygen atoms in total. The number of rotatable bonds is 5. The molecule has 0 saturated carbocycles. The molecular weight excluding hydrogens is 318 g/mol. The number of aromatic nitrogens is 1. The Labute approximate surface area is 146 Å². The first-order valence-electron chi connectivity index (χ1n) is 8.19. The maximum Gasteiger partial charge on any atom is 0.186 e. The van der Waals surface area contributed by atoms with Gasteiger partial charge in [0.2, 0.25) is 0 Å². The Bertz CT molecular complexity index is 760. The molecule has 1 aliphatic rings. The van der Waals surface area contributed by atoms with E-state index in [-0.39, 0.29) is 24.6 Å². The molecule has 2 heterocycles. The van der Waals surface area contributed by atoms with Gasteiger partial charge in [-0.05, 0) is 24.5 Å². The van der Waals surface area contributed by atoms with Gasteiger partial charge in [-0.25, -0.2) is 4.98 Å². The van der Waals surface area contributed by atoms with Gasteiger partial charge in [0.15, 0.2) is 5.13 Å². The lowest BCUT2D eigenvalue weighted by Gasteiger charge is -2.51. The van der Waals surface area contributed by atoms with Crippen LogP contribution in [0.4, 0.5) is 5.13 Å². The molecule has 24 heavy (non-hydrogen) atoms. The molecule has 1 aromatic carbocycles. The van der Waals surface area contributed by atoms with Crippen LogP contribution in [0.3, 0.4) is 0 Å². The largest absolute Gasteiger partial charge is 0.394 e. The van der Waals surface area contributed by atoms with Gasteiger partial charge in [-0.15, -0.1) is 11.3 Å². The number of aryl methyl sites for hydroxylation is 1. The highest BCUT2D eigenvalue weighted by molar-refractivity contribution is 7.13. The van der Waals surface area contributed by atoms with E-state index in [1.165, 1.54) is 0 Å². The second-order valence-corrected chi connectivity index (χ2v) is 6.74. The van der Waals surface area contributed by atoms with E-state index in [0.717, 1.165) is 28.4 Å². The number of nitrogens with zero attached hydrogens (tertiary/aromatic N) is 3. The van der Waals surface area contributed by atoms with Crippen LogP contribution in [0.15, 0.2) is 35.7 Å². The van der Waals surface area contributed by atoms with Gasteiger partial charge < -0.3 is 10.0 Å². The van der Waals surface area contributed by atoms with Crippen molar-refractivity contribution >= 4 is 22.5 Å². The molecule has 1 aliphatic heterocycles. The summed E-state index contributed by atoms with van der Waals surface area (Å²) in [5.74, 6) is 0.00799. The van der Waals surface area contributed by atoms with Gasteiger partial charge in [-0.1, -0.05) is 43.3 Å². The highest BCUT2D eigenvalue weighted by Gasteiger charge is 2.50. The number of aliphatic hydroxyl groups is 1. The molecule has 2 aromatic rings. The predicted molar refractivity (Wildman–Crippen MR) is 98.1 cm³/mol. The van der Waals surface area contributed by atoms with Gasteiger partial charge in [0.1, 0.15) is 6.04 Å². The van der Waals surface area contributed by atoms with E-state index in [1.54, 1.807) is 11.3 Å². The van der Waals surface area contributed by atoms with Crippen molar-refractivity contribution in [3.8, 4) is 6.07 Å². The van der Waals surface area contributed by atoms with Crippen molar-refractivity contribution in [2.75, 3.05) is 11.5 Å². The molecule has 1 saturated heterocycles. The average molecular weight is 339 g/mol. The highest BCUT2D eigenvalue weighted by Crippen LogP contribution is 2.44. The summed E-state index contributed by atoms with van der Waals surface area (Å²) in [5, 5.41) is 22.4. The lowest BCUT2D eigenvalue weighted by molar-refractivity contribution is 0.187. The van der Waals surface area contributed by atoms with Crippen LogP contribution in [0.25, 0.3) is 6.08 Å². The van der Waals surface area contributed by atoms with E-state index in [1.807, 2.05) is 29.4 Å². The summed E-state index contributed by atoms with van der Waals surface area (Å²) in [6, 6.07) is 10.2. The molecule has 0 spiro atoms. The second kappa shape index (κ2) is 7.16. The fraction of sp³-hybridized carbons (Fsp3) is 0.368. The third-order valence-electron chi connectivity index (χ3n) is 4.53. The lowest BCUT2D eigenvalue weighted by Crippen LogP contribution is -2.63.